The molecule has 1 atom stereocenters. The van der Waals surface area contributed by atoms with E-state index in [1.165, 1.54) is 0 Å². The van der Waals surface area contributed by atoms with E-state index in [4.69, 9.17) is 0 Å². The van der Waals surface area contributed by atoms with Crippen molar-refractivity contribution >= 4 is 16.8 Å². The minimum atomic E-state index is 0.0282. The van der Waals surface area contributed by atoms with Crippen LogP contribution in [0.3, 0.4) is 0 Å². The molecule has 0 saturated heterocycles. The van der Waals surface area contributed by atoms with Crippen molar-refractivity contribution in [1.29, 1.82) is 0 Å². The van der Waals surface area contributed by atoms with Crippen LogP contribution in [0.25, 0.3) is 10.9 Å². The van der Waals surface area contributed by atoms with Gasteiger partial charge in [-0.1, -0.05) is 18.2 Å². The molecule has 3 heteroatoms. The number of amides is 1. The Morgan fingerprint density at radius 1 is 1.28 bits per heavy atom. The summed E-state index contributed by atoms with van der Waals surface area (Å²) in [5, 5.41) is 4.10. The van der Waals surface area contributed by atoms with Crippen LogP contribution in [0, 0.1) is 0 Å². The van der Waals surface area contributed by atoms with Gasteiger partial charge in [0.1, 0.15) is 0 Å². The molecule has 1 amide bonds. The number of hydrogen-bond donors (Lipinski definition) is 2. The Hall–Kier alpha value is -2.03. The molecule has 2 aromatic rings. The molecule has 1 aromatic carbocycles. The number of carbonyl (C=O) groups is 1. The molecule has 0 bridgehead atoms. The number of hydrogen-bond acceptors (Lipinski definition) is 1. The summed E-state index contributed by atoms with van der Waals surface area (Å²) in [7, 11) is 0. The second-order valence-electron chi connectivity index (χ2n) is 4.70. The van der Waals surface area contributed by atoms with Gasteiger partial charge in [0.05, 0.1) is 0 Å². The van der Waals surface area contributed by atoms with Crippen LogP contribution in [-0.4, -0.2) is 16.9 Å². The molecule has 1 aliphatic rings. The van der Waals surface area contributed by atoms with Crippen molar-refractivity contribution in [2.24, 2.45) is 0 Å². The van der Waals surface area contributed by atoms with Gasteiger partial charge in [0.2, 0.25) is 0 Å². The SMILES string of the molecule is O=C(NC1CC=CCC1)c1cccc2[nH]ccc12. The minimum Gasteiger partial charge on any atom is -0.361 e. The lowest BCUT2D eigenvalue weighted by Crippen LogP contribution is -2.35. The third-order valence-corrected chi connectivity index (χ3v) is 3.44. The molecule has 92 valence electrons. The average Bonchev–Trinajstić information content (AvgIpc) is 2.87. The van der Waals surface area contributed by atoms with Gasteiger partial charge in [-0.3, -0.25) is 4.79 Å². The monoisotopic (exact) mass is 240 g/mol. The number of rotatable bonds is 2. The van der Waals surface area contributed by atoms with Gasteiger partial charge in [0.25, 0.3) is 5.91 Å². The van der Waals surface area contributed by atoms with E-state index in [0.717, 1.165) is 35.7 Å². The Labute approximate surface area is 106 Å². The largest absolute Gasteiger partial charge is 0.361 e. The molecule has 1 heterocycles. The molecule has 1 aliphatic carbocycles. The number of aromatic nitrogens is 1. The Morgan fingerprint density at radius 2 is 2.22 bits per heavy atom. The second kappa shape index (κ2) is 4.69. The van der Waals surface area contributed by atoms with Crippen LogP contribution in [-0.2, 0) is 0 Å². The van der Waals surface area contributed by atoms with Gasteiger partial charge < -0.3 is 10.3 Å². The second-order valence-corrected chi connectivity index (χ2v) is 4.70. The maximum absolute atomic E-state index is 12.3. The molecule has 0 fully saturated rings. The highest BCUT2D eigenvalue weighted by molar-refractivity contribution is 6.06. The third kappa shape index (κ3) is 2.04. The van der Waals surface area contributed by atoms with Crippen molar-refractivity contribution in [2.45, 2.75) is 25.3 Å². The molecule has 18 heavy (non-hydrogen) atoms. The minimum absolute atomic E-state index is 0.0282. The molecule has 0 saturated carbocycles. The predicted molar refractivity (Wildman–Crippen MR) is 72.5 cm³/mol. The number of H-pyrrole nitrogens is 1. The van der Waals surface area contributed by atoms with E-state index < -0.39 is 0 Å². The quantitative estimate of drug-likeness (QED) is 0.779. The Balaban J connectivity index is 1.83. The fourth-order valence-electron chi connectivity index (χ4n) is 2.47. The zero-order chi connectivity index (χ0) is 12.4. The van der Waals surface area contributed by atoms with Crippen molar-refractivity contribution in [1.82, 2.24) is 10.3 Å². The summed E-state index contributed by atoms with van der Waals surface area (Å²) in [4.78, 5) is 15.4. The van der Waals surface area contributed by atoms with Crippen LogP contribution in [0.4, 0.5) is 0 Å². The summed E-state index contributed by atoms with van der Waals surface area (Å²) in [6.07, 6.45) is 9.21. The van der Waals surface area contributed by atoms with Crippen molar-refractivity contribution in [3.63, 3.8) is 0 Å². The molecule has 0 aliphatic heterocycles. The maximum atomic E-state index is 12.3. The van der Waals surface area contributed by atoms with Crippen LogP contribution >= 0.6 is 0 Å². The summed E-state index contributed by atoms with van der Waals surface area (Å²) in [6.45, 7) is 0. The summed E-state index contributed by atoms with van der Waals surface area (Å²) in [5.41, 5.74) is 1.76. The average molecular weight is 240 g/mol. The lowest BCUT2D eigenvalue weighted by Gasteiger charge is -2.19. The Morgan fingerprint density at radius 3 is 3.06 bits per heavy atom. The van der Waals surface area contributed by atoms with E-state index in [1.54, 1.807) is 0 Å². The van der Waals surface area contributed by atoms with Crippen molar-refractivity contribution in [2.75, 3.05) is 0 Å². The lowest BCUT2D eigenvalue weighted by molar-refractivity contribution is 0.0936. The normalized spacial score (nSPS) is 19.0. The van der Waals surface area contributed by atoms with E-state index >= 15 is 0 Å². The number of benzene rings is 1. The summed E-state index contributed by atoms with van der Waals surface area (Å²) >= 11 is 0. The van der Waals surface area contributed by atoms with Crippen molar-refractivity contribution < 1.29 is 4.79 Å². The molecule has 3 rings (SSSR count). The fourth-order valence-corrected chi connectivity index (χ4v) is 2.47. The van der Waals surface area contributed by atoms with E-state index in [-0.39, 0.29) is 11.9 Å². The number of fused-ring (bicyclic) bond motifs is 1. The van der Waals surface area contributed by atoms with Crippen molar-refractivity contribution in [3.8, 4) is 0 Å². The maximum Gasteiger partial charge on any atom is 0.252 e. The first-order chi connectivity index (χ1) is 8.84. The molecular weight excluding hydrogens is 224 g/mol. The van der Waals surface area contributed by atoms with Crippen LogP contribution in [0.1, 0.15) is 29.6 Å². The molecule has 1 aromatic heterocycles. The fraction of sp³-hybridized carbons (Fsp3) is 0.267. The van der Waals surface area contributed by atoms with Gasteiger partial charge in [-0.2, -0.15) is 0 Å². The van der Waals surface area contributed by atoms with E-state index in [2.05, 4.69) is 22.5 Å². The van der Waals surface area contributed by atoms with Gasteiger partial charge in [-0.15, -0.1) is 0 Å². The standard InChI is InChI=1S/C15H16N2O/c18-15(17-11-5-2-1-3-6-11)13-7-4-8-14-12(13)9-10-16-14/h1-2,4,7-11,16H,3,5-6H2,(H,17,18). The summed E-state index contributed by atoms with van der Waals surface area (Å²) < 4.78 is 0. The number of aromatic amines is 1. The van der Waals surface area contributed by atoms with Gasteiger partial charge in [-0.05, 0) is 37.5 Å². The van der Waals surface area contributed by atoms with Gasteiger partial charge in [0, 0.05) is 28.7 Å². The van der Waals surface area contributed by atoms with E-state index in [0.29, 0.717) is 0 Å². The van der Waals surface area contributed by atoms with Gasteiger partial charge in [-0.25, -0.2) is 0 Å². The first-order valence-corrected chi connectivity index (χ1v) is 6.36. The van der Waals surface area contributed by atoms with Crippen molar-refractivity contribution in [3.05, 3.63) is 48.2 Å². The molecule has 0 spiro atoms. The predicted octanol–water partition coefficient (Wildman–Crippen LogP) is 3.01. The molecule has 0 radical (unpaired) electrons. The topological polar surface area (TPSA) is 44.9 Å². The van der Waals surface area contributed by atoms with Crippen LogP contribution in [0.5, 0.6) is 0 Å². The summed E-state index contributed by atoms with van der Waals surface area (Å²) in [6, 6.07) is 8.00. The molecule has 1 unspecified atom stereocenters. The first kappa shape index (κ1) is 11.1. The number of allylic oxidation sites excluding steroid dienone is 1. The Bertz CT molecular complexity index is 597. The van der Waals surface area contributed by atoms with Gasteiger partial charge >= 0.3 is 0 Å². The lowest BCUT2D eigenvalue weighted by atomic mass is 10.0. The molecule has 2 N–H and O–H groups in total. The highest BCUT2D eigenvalue weighted by atomic mass is 16.1. The third-order valence-electron chi connectivity index (χ3n) is 3.44. The van der Waals surface area contributed by atoms with Crippen LogP contribution < -0.4 is 5.32 Å². The smallest absolute Gasteiger partial charge is 0.252 e. The highest BCUT2D eigenvalue weighted by Gasteiger charge is 2.16. The van der Waals surface area contributed by atoms with E-state index in [1.807, 2.05) is 30.5 Å². The Kier molecular flexibility index (Phi) is 2.89. The molecule has 3 nitrogen and oxygen atoms in total. The van der Waals surface area contributed by atoms with E-state index in [9.17, 15) is 4.79 Å². The van der Waals surface area contributed by atoms with Crippen LogP contribution in [0.2, 0.25) is 0 Å². The zero-order valence-electron chi connectivity index (χ0n) is 10.1. The number of nitrogens with one attached hydrogen (secondary N) is 2. The first-order valence-electron chi connectivity index (χ1n) is 6.36. The zero-order valence-corrected chi connectivity index (χ0v) is 10.1. The summed E-state index contributed by atoms with van der Waals surface area (Å²) in [5.74, 6) is 0.0282. The van der Waals surface area contributed by atoms with Crippen LogP contribution in [0.15, 0.2) is 42.6 Å². The van der Waals surface area contributed by atoms with Gasteiger partial charge in [0.15, 0.2) is 0 Å². The number of carbonyl (C=O) groups excluding carboxylic acids is 1. The highest BCUT2D eigenvalue weighted by Crippen LogP contribution is 2.18. The molecular formula is C15H16N2O.